The summed E-state index contributed by atoms with van der Waals surface area (Å²) in [7, 11) is 0. The number of β-amino-alcohol motifs (C(OH)–C–C–N with tert-alkyl or cyclic N) is 1. The molecule has 18 heavy (non-hydrogen) atoms. The third-order valence-electron chi connectivity index (χ3n) is 3.39. The molecule has 1 aliphatic rings. The summed E-state index contributed by atoms with van der Waals surface area (Å²) in [5.41, 5.74) is 1.28. The lowest BCUT2D eigenvalue weighted by Gasteiger charge is -2.21. The number of halogens is 1. The van der Waals surface area contributed by atoms with Gasteiger partial charge in [0.15, 0.2) is 0 Å². The summed E-state index contributed by atoms with van der Waals surface area (Å²) >= 11 is 6.00. The average molecular weight is 269 g/mol. The van der Waals surface area contributed by atoms with Crippen molar-refractivity contribution in [2.75, 3.05) is 39.3 Å². The number of hydrogen-bond acceptors (Lipinski definition) is 3. The van der Waals surface area contributed by atoms with Crippen LogP contribution in [0.3, 0.4) is 0 Å². The summed E-state index contributed by atoms with van der Waals surface area (Å²) in [6.07, 6.45) is 1.17. The minimum Gasteiger partial charge on any atom is -0.395 e. The quantitative estimate of drug-likeness (QED) is 0.903. The number of rotatable bonds is 4. The molecule has 0 aliphatic carbocycles. The van der Waals surface area contributed by atoms with Crippen LogP contribution >= 0.6 is 11.6 Å². The lowest BCUT2D eigenvalue weighted by Crippen LogP contribution is -2.32. The van der Waals surface area contributed by atoms with E-state index in [-0.39, 0.29) is 6.61 Å². The molecule has 1 aromatic rings. The van der Waals surface area contributed by atoms with Crippen LogP contribution in [0.15, 0.2) is 24.3 Å². The first-order valence-electron chi connectivity index (χ1n) is 6.58. The molecule has 0 radical (unpaired) electrons. The molecule has 0 unspecified atom stereocenters. The maximum absolute atomic E-state index is 8.97. The highest BCUT2D eigenvalue weighted by atomic mass is 35.5. The van der Waals surface area contributed by atoms with Gasteiger partial charge in [-0.15, -0.1) is 0 Å². The van der Waals surface area contributed by atoms with Crippen molar-refractivity contribution in [1.29, 1.82) is 0 Å². The Hall–Kier alpha value is -0.610. The molecule has 1 N–H and O–H groups in total. The summed E-state index contributed by atoms with van der Waals surface area (Å²) in [5.74, 6) is 0. The van der Waals surface area contributed by atoms with Gasteiger partial charge in [-0.2, -0.15) is 0 Å². The molecule has 1 saturated heterocycles. The van der Waals surface area contributed by atoms with Crippen LogP contribution in [0, 0.1) is 0 Å². The van der Waals surface area contributed by atoms with E-state index in [0.29, 0.717) is 0 Å². The van der Waals surface area contributed by atoms with E-state index in [1.807, 2.05) is 18.2 Å². The van der Waals surface area contributed by atoms with Crippen LogP contribution in [0.1, 0.15) is 12.0 Å². The highest BCUT2D eigenvalue weighted by Crippen LogP contribution is 2.14. The third-order valence-corrected chi connectivity index (χ3v) is 3.63. The Labute approximate surface area is 114 Å². The maximum Gasteiger partial charge on any atom is 0.0558 e. The molecule has 0 bridgehead atoms. The SMILES string of the molecule is OCCN1CCCN(Cc2cccc(Cl)c2)CC1. The Morgan fingerprint density at radius 1 is 1.11 bits per heavy atom. The highest BCUT2D eigenvalue weighted by Gasteiger charge is 2.14. The number of aliphatic hydroxyl groups is 1. The molecule has 1 aliphatic heterocycles. The second-order valence-corrected chi connectivity index (χ2v) is 5.26. The molecule has 1 heterocycles. The van der Waals surface area contributed by atoms with Gasteiger partial charge >= 0.3 is 0 Å². The predicted molar refractivity (Wildman–Crippen MR) is 74.9 cm³/mol. The van der Waals surface area contributed by atoms with E-state index in [2.05, 4.69) is 15.9 Å². The van der Waals surface area contributed by atoms with Crippen molar-refractivity contribution in [1.82, 2.24) is 9.80 Å². The van der Waals surface area contributed by atoms with Crippen LogP contribution < -0.4 is 0 Å². The monoisotopic (exact) mass is 268 g/mol. The fourth-order valence-corrected chi connectivity index (χ4v) is 2.65. The first kappa shape index (κ1) is 13.8. The molecule has 0 aromatic heterocycles. The second-order valence-electron chi connectivity index (χ2n) is 4.82. The van der Waals surface area contributed by atoms with Crippen LogP contribution in [-0.4, -0.2) is 54.2 Å². The fraction of sp³-hybridized carbons (Fsp3) is 0.571. The topological polar surface area (TPSA) is 26.7 Å². The van der Waals surface area contributed by atoms with Crippen molar-refractivity contribution < 1.29 is 5.11 Å². The Balaban J connectivity index is 1.87. The molecule has 0 saturated carbocycles. The van der Waals surface area contributed by atoms with Crippen molar-refractivity contribution in [3.05, 3.63) is 34.9 Å². The minimum atomic E-state index is 0.258. The first-order valence-corrected chi connectivity index (χ1v) is 6.96. The molecule has 0 atom stereocenters. The summed E-state index contributed by atoms with van der Waals surface area (Å²) in [6, 6.07) is 8.09. The molecule has 1 fully saturated rings. The first-order chi connectivity index (χ1) is 8.78. The molecular formula is C14H21ClN2O. The molecule has 0 spiro atoms. The van der Waals surface area contributed by atoms with E-state index in [4.69, 9.17) is 16.7 Å². The van der Waals surface area contributed by atoms with Crippen LogP contribution in [0.2, 0.25) is 5.02 Å². The minimum absolute atomic E-state index is 0.258. The van der Waals surface area contributed by atoms with Gasteiger partial charge < -0.3 is 5.11 Å². The standard InChI is InChI=1S/C14H21ClN2O/c15-14-4-1-3-13(11-14)12-17-6-2-5-16(7-8-17)9-10-18/h1,3-4,11,18H,2,5-10,12H2. The van der Waals surface area contributed by atoms with Gasteiger partial charge in [0.25, 0.3) is 0 Å². The average Bonchev–Trinajstić information content (AvgIpc) is 2.56. The Bertz CT molecular complexity index is 373. The lowest BCUT2D eigenvalue weighted by molar-refractivity contribution is 0.196. The smallest absolute Gasteiger partial charge is 0.0558 e. The number of aliphatic hydroxyl groups excluding tert-OH is 1. The summed E-state index contributed by atoms with van der Waals surface area (Å²) in [5, 5.41) is 9.78. The van der Waals surface area contributed by atoms with E-state index in [9.17, 15) is 0 Å². The zero-order valence-corrected chi connectivity index (χ0v) is 11.4. The van der Waals surface area contributed by atoms with Gasteiger partial charge in [-0.1, -0.05) is 23.7 Å². The van der Waals surface area contributed by atoms with Crippen molar-refractivity contribution >= 4 is 11.6 Å². The highest BCUT2D eigenvalue weighted by molar-refractivity contribution is 6.30. The number of nitrogens with zero attached hydrogens (tertiary/aromatic N) is 2. The van der Waals surface area contributed by atoms with Gasteiger partial charge in [-0.3, -0.25) is 9.80 Å². The van der Waals surface area contributed by atoms with Crippen LogP contribution in [-0.2, 0) is 6.54 Å². The van der Waals surface area contributed by atoms with E-state index in [1.165, 1.54) is 12.0 Å². The van der Waals surface area contributed by atoms with Crippen molar-refractivity contribution in [2.24, 2.45) is 0 Å². The normalized spacial score (nSPS) is 18.8. The largest absolute Gasteiger partial charge is 0.395 e. The third kappa shape index (κ3) is 4.25. The molecule has 3 nitrogen and oxygen atoms in total. The number of benzene rings is 1. The summed E-state index contributed by atoms with van der Waals surface area (Å²) < 4.78 is 0. The van der Waals surface area contributed by atoms with Gasteiger partial charge in [0.1, 0.15) is 0 Å². The van der Waals surface area contributed by atoms with Crippen molar-refractivity contribution in [3.63, 3.8) is 0 Å². The Morgan fingerprint density at radius 3 is 2.67 bits per heavy atom. The van der Waals surface area contributed by atoms with E-state index < -0.39 is 0 Å². The van der Waals surface area contributed by atoms with Gasteiger partial charge in [0.2, 0.25) is 0 Å². The molecule has 100 valence electrons. The molecule has 0 amide bonds. The Morgan fingerprint density at radius 2 is 1.89 bits per heavy atom. The molecule has 2 rings (SSSR count). The Kier molecular flexibility index (Phi) is 5.45. The van der Waals surface area contributed by atoms with Gasteiger partial charge in [0.05, 0.1) is 6.61 Å². The van der Waals surface area contributed by atoms with E-state index >= 15 is 0 Å². The van der Waals surface area contributed by atoms with Crippen molar-refractivity contribution in [3.8, 4) is 0 Å². The maximum atomic E-state index is 8.97. The predicted octanol–water partition coefficient (Wildman–Crippen LogP) is 1.84. The lowest BCUT2D eigenvalue weighted by atomic mass is 10.2. The van der Waals surface area contributed by atoms with Gasteiger partial charge in [-0.25, -0.2) is 0 Å². The van der Waals surface area contributed by atoms with E-state index in [0.717, 1.165) is 44.3 Å². The molecular weight excluding hydrogens is 248 g/mol. The fourth-order valence-electron chi connectivity index (χ4n) is 2.44. The molecule has 4 heteroatoms. The van der Waals surface area contributed by atoms with Crippen LogP contribution in [0.5, 0.6) is 0 Å². The van der Waals surface area contributed by atoms with Gasteiger partial charge in [-0.05, 0) is 37.2 Å². The molecule has 1 aromatic carbocycles. The zero-order chi connectivity index (χ0) is 12.8. The zero-order valence-electron chi connectivity index (χ0n) is 10.7. The second kappa shape index (κ2) is 7.10. The summed E-state index contributed by atoms with van der Waals surface area (Å²) in [6.45, 7) is 6.33. The van der Waals surface area contributed by atoms with Gasteiger partial charge in [0, 0.05) is 31.2 Å². The van der Waals surface area contributed by atoms with Crippen LogP contribution in [0.4, 0.5) is 0 Å². The van der Waals surface area contributed by atoms with E-state index in [1.54, 1.807) is 0 Å². The summed E-state index contributed by atoms with van der Waals surface area (Å²) in [4.78, 5) is 4.79. The number of hydrogen-bond donors (Lipinski definition) is 1. The van der Waals surface area contributed by atoms with Crippen LogP contribution in [0.25, 0.3) is 0 Å². The van der Waals surface area contributed by atoms with Crippen molar-refractivity contribution in [2.45, 2.75) is 13.0 Å².